The molecule has 0 N–H and O–H groups in total. The Morgan fingerprint density at radius 3 is 2.12 bits per heavy atom. The van der Waals surface area contributed by atoms with Crippen molar-refractivity contribution in [3.63, 3.8) is 0 Å². The van der Waals surface area contributed by atoms with Gasteiger partial charge in [0.25, 0.3) is 0 Å². The van der Waals surface area contributed by atoms with E-state index in [2.05, 4.69) is 0 Å². The van der Waals surface area contributed by atoms with Crippen molar-refractivity contribution in [1.29, 1.82) is 0 Å². The SMILES string of the molecule is COC(=O)c1cc(OCc2cc(OC)ccc2OC)ccc1OC. The average molecular weight is 332 g/mol. The van der Waals surface area contributed by atoms with Crippen LogP contribution in [0.4, 0.5) is 0 Å². The lowest BCUT2D eigenvalue weighted by Gasteiger charge is -2.13. The molecular formula is C18H20O6. The highest BCUT2D eigenvalue weighted by molar-refractivity contribution is 5.92. The summed E-state index contributed by atoms with van der Waals surface area (Å²) in [5, 5.41) is 0. The highest BCUT2D eigenvalue weighted by Crippen LogP contribution is 2.28. The molecule has 0 aliphatic carbocycles. The Morgan fingerprint density at radius 1 is 0.833 bits per heavy atom. The summed E-state index contributed by atoms with van der Waals surface area (Å²) in [6, 6.07) is 10.4. The molecule has 0 aromatic heterocycles. The van der Waals surface area contributed by atoms with Gasteiger partial charge in [-0.3, -0.25) is 0 Å². The third-order valence-electron chi connectivity index (χ3n) is 3.46. The predicted molar refractivity (Wildman–Crippen MR) is 88.2 cm³/mol. The van der Waals surface area contributed by atoms with E-state index in [4.69, 9.17) is 23.7 Å². The zero-order chi connectivity index (χ0) is 17.5. The summed E-state index contributed by atoms with van der Waals surface area (Å²) in [6.07, 6.45) is 0. The van der Waals surface area contributed by atoms with Crippen molar-refractivity contribution in [2.24, 2.45) is 0 Å². The fraction of sp³-hybridized carbons (Fsp3) is 0.278. The van der Waals surface area contributed by atoms with Crippen molar-refractivity contribution in [3.8, 4) is 23.0 Å². The molecule has 2 rings (SSSR count). The van der Waals surface area contributed by atoms with Crippen LogP contribution >= 0.6 is 0 Å². The van der Waals surface area contributed by atoms with Gasteiger partial charge in [0.05, 0.1) is 28.4 Å². The first kappa shape index (κ1) is 17.5. The quantitative estimate of drug-likeness (QED) is 0.726. The molecule has 128 valence electrons. The lowest BCUT2D eigenvalue weighted by Crippen LogP contribution is -2.05. The van der Waals surface area contributed by atoms with Crippen LogP contribution in [0.1, 0.15) is 15.9 Å². The van der Waals surface area contributed by atoms with Gasteiger partial charge in [-0.2, -0.15) is 0 Å². The number of benzene rings is 2. The zero-order valence-electron chi connectivity index (χ0n) is 14.1. The van der Waals surface area contributed by atoms with Crippen LogP contribution in [0.25, 0.3) is 0 Å². The number of hydrogen-bond donors (Lipinski definition) is 0. The van der Waals surface area contributed by atoms with Crippen LogP contribution in [0.5, 0.6) is 23.0 Å². The fourth-order valence-corrected chi connectivity index (χ4v) is 2.20. The first-order chi connectivity index (χ1) is 11.6. The molecule has 24 heavy (non-hydrogen) atoms. The Balaban J connectivity index is 2.22. The molecule has 2 aromatic rings. The molecule has 6 heteroatoms. The highest BCUT2D eigenvalue weighted by atomic mass is 16.5. The van der Waals surface area contributed by atoms with Crippen molar-refractivity contribution < 1.29 is 28.5 Å². The number of ether oxygens (including phenoxy) is 5. The monoisotopic (exact) mass is 332 g/mol. The van der Waals surface area contributed by atoms with E-state index in [0.717, 1.165) is 5.56 Å². The van der Waals surface area contributed by atoms with Crippen LogP contribution in [0.2, 0.25) is 0 Å². The number of carbonyl (C=O) groups excluding carboxylic acids is 1. The minimum absolute atomic E-state index is 0.257. The summed E-state index contributed by atoms with van der Waals surface area (Å²) >= 11 is 0. The van der Waals surface area contributed by atoms with Crippen LogP contribution in [0.15, 0.2) is 36.4 Å². The molecule has 0 spiro atoms. The number of esters is 1. The number of carbonyl (C=O) groups is 1. The second-order valence-corrected chi connectivity index (χ2v) is 4.82. The second-order valence-electron chi connectivity index (χ2n) is 4.82. The van der Waals surface area contributed by atoms with Crippen LogP contribution < -0.4 is 18.9 Å². The summed E-state index contributed by atoms with van der Waals surface area (Å²) in [7, 11) is 5.99. The number of hydrogen-bond acceptors (Lipinski definition) is 6. The largest absolute Gasteiger partial charge is 0.497 e. The first-order valence-electron chi connectivity index (χ1n) is 7.23. The second kappa shape index (κ2) is 8.10. The Morgan fingerprint density at radius 2 is 1.50 bits per heavy atom. The highest BCUT2D eigenvalue weighted by Gasteiger charge is 2.14. The molecule has 0 aliphatic rings. The molecular weight excluding hydrogens is 312 g/mol. The maximum Gasteiger partial charge on any atom is 0.341 e. The minimum Gasteiger partial charge on any atom is -0.497 e. The Kier molecular flexibility index (Phi) is 5.89. The van der Waals surface area contributed by atoms with E-state index in [0.29, 0.717) is 28.6 Å². The zero-order valence-corrected chi connectivity index (χ0v) is 14.1. The fourth-order valence-electron chi connectivity index (χ4n) is 2.20. The molecule has 0 amide bonds. The van der Waals surface area contributed by atoms with E-state index < -0.39 is 5.97 Å². The summed E-state index contributed by atoms with van der Waals surface area (Å²) in [4.78, 5) is 11.8. The van der Waals surface area contributed by atoms with E-state index in [1.807, 2.05) is 18.2 Å². The first-order valence-corrected chi connectivity index (χ1v) is 7.23. The smallest absolute Gasteiger partial charge is 0.341 e. The molecule has 2 aromatic carbocycles. The Hall–Kier alpha value is -2.89. The third-order valence-corrected chi connectivity index (χ3v) is 3.46. The molecule has 0 radical (unpaired) electrons. The molecule has 0 atom stereocenters. The number of methoxy groups -OCH3 is 4. The maximum atomic E-state index is 11.8. The topological polar surface area (TPSA) is 63.2 Å². The predicted octanol–water partition coefficient (Wildman–Crippen LogP) is 3.08. The Labute approximate surface area is 140 Å². The average Bonchev–Trinajstić information content (AvgIpc) is 2.65. The van der Waals surface area contributed by atoms with Gasteiger partial charge in [0.2, 0.25) is 0 Å². The molecule has 0 aliphatic heterocycles. The van der Waals surface area contributed by atoms with Crippen molar-refractivity contribution in [1.82, 2.24) is 0 Å². The van der Waals surface area contributed by atoms with Gasteiger partial charge in [-0.1, -0.05) is 0 Å². The molecule has 0 saturated heterocycles. The van der Waals surface area contributed by atoms with Crippen LogP contribution in [0.3, 0.4) is 0 Å². The molecule has 0 fully saturated rings. The molecule has 0 bridgehead atoms. The van der Waals surface area contributed by atoms with E-state index >= 15 is 0 Å². The van der Waals surface area contributed by atoms with Gasteiger partial charge < -0.3 is 23.7 Å². The van der Waals surface area contributed by atoms with Crippen LogP contribution in [-0.4, -0.2) is 34.4 Å². The standard InChI is InChI=1S/C18H20O6/c1-20-13-5-7-16(21-2)12(9-13)11-24-14-6-8-17(22-3)15(10-14)18(19)23-4/h5-10H,11H2,1-4H3. The summed E-state index contributed by atoms with van der Waals surface area (Å²) in [5.74, 6) is 1.85. The van der Waals surface area contributed by atoms with Crippen molar-refractivity contribution >= 4 is 5.97 Å². The Bertz CT molecular complexity index is 711. The third kappa shape index (κ3) is 3.90. The van der Waals surface area contributed by atoms with Gasteiger partial charge in [-0.15, -0.1) is 0 Å². The molecule has 0 heterocycles. The van der Waals surface area contributed by atoms with E-state index in [9.17, 15) is 4.79 Å². The summed E-state index contributed by atoms with van der Waals surface area (Å²) in [6.45, 7) is 0.257. The van der Waals surface area contributed by atoms with E-state index in [1.54, 1.807) is 32.4 Å². The number of rotatable bonds is 7. The molecule has 0 saturated carbocycles. The minimum atomic E-state index is -0.490. The van der Waals surface area contributed by atoms with Crippen LogP contribution in [-0.2, 0) is 11.3 Å². The molecule has 6 nitrogen and oxygen atoms in total. The van der Waals surface area contributed by atoms with Crippen LogP contribution in [0, 0.1) is 0 Å². The van der Waals surface area contributed by atoms with E-state index in [1.165, 1.54) is 14.2 Å². The van der Waals surface area contributed by atoms with Gasteiger partial charge in [0.1, 0.15) is 35.2 Å². The van der Waals surface area contributed by atoms with Gasteiger partial charge in [0, 0.05) is 5.56 Å². The van der Waals surface area contributed by atoms with Gasteiger partial charge in [-0.25, -0.2) is 4.79 Å². The summed E-state index contributed by atoms with van der Waals surface area (Å²) < 4.78 is 26.2. The van der Waals surface area contributed by atoms with Gasteiger partial charge >= 0.3 is 5.97 Å². The normalized spacial score (nSPS) is 10.0. The van der Waals surface area contributed by atoms with Gasteiger partial charge in [-0.05, 0) is 36.4 Å². The lowest BCUT2D eigenvalue weighted by atomic mass is 10.2. The molecule has 0 unspecified atom stereocenters. The van der Waals surface area contributed by atoms with Crippen molar-refractivity contribution in [3.05, 3.63) is 47.5 Å². The van der Waals surface area contributed by atoms with Gasteiger partial charge in [0.15, 0.2) is 0 Å². The summed E-state index contributed by atoms with van der Waals surface area (Å²) in [5.41, 5.74) is 1.13. The lowest BCUT2D eigenvalue weighted by molar-refractivity contribution is 0.0596. The maximum absolute atomic E-state index is 11.8. The van der Waals surface area contributed by atoms with Crippen molar-refractivity contribution in [2.45, 2.75) is 6.61 Å². The van der Waals surface area contributed by atoms with Crippen molar-refractivity contribution in [2.75, 3.05) is 28.4 Å². The van der Waals surface area contributed by atoms with E-state index in [-0.39, 0.29) is 6.61 Å².